The number of nitrogens with zero attached hydrogens (tertiary/aromatic N) is 1. The van der Waals surface area contributed by atoms with E-state index in [1.807, 2.05) is 30.3 Å². The number of nitrogens with two attached hydrogens (primary N) is 1. The fourth-order valence-electron chi connectivity index (χ4n) is 1.51. The molecule has 0 aliphatic rings. The second kappa shape index (κ2) is 5.44. The van der Waals surface area contributed by atoms with Gasteiger partial charge >= 0.3 is 0 Å². The number of halogens is 1. The second-order valence-electron chi connectivity index (χ2n) is 3.74. The van der Waals surface area contributed by atoms with Crippen molar-refractivity contribution in [1.82, 2.24) is 0 Å². The number of anilines is 1. The summed E-state index contributed by atoms with van der Waals surface area (Å²) < 4.78 is 5.58. The number of hydrogen-bond acceptors (Lipinski definition) is 3. The Morgan fingerprint density at radius 3 is 2.67 bits per heavy atom. The van der Waals surface area contributed by atoms with E-state index in [9.17, 15) is 0 Å². The molecule has 90 valence electrons. The molecule has 0 radical (unpaired) electrons. The van der Waals surface area contributed by atoms with Gasteiger partial charge in [0, 0.05) is 16.7 Å². The van der Waals surface area contributed by atoms with Gasteiger partial charge in [0.25, 0.3) is 0 Å². The molecule has 0 amide bonds. The van der Waals surface area contributed by atoms with E-state index in [0.717, 1.165) is 5.56 Å². The number of nitrogen functional groups attached to an aromatic ring is 1. The molecular formula is C14H11ClN2O. The van der Waals surface area contributed by atoms with Crippen molar-refractivity contribution < 1.29 is 4.74 Å². The lowest BCUT2D eigenvalue weighted by Gasteiger charge is -2.08. The summed E-state index contributed by atoms with van der Waals surface area (Å²) >= 11 is 6.02. The van der Waals surface area contributed by atoms with Crippen LogP contribution in [0.2, 0.25) is 5.02 Å². The summed E-state index contributed by atoms with van der Waals surface area (Å²) in [4.78, 5) is 0. The van der Waals surface area contributed by atoms with E-state index >= 15 is 0 Å². The number of rotatable bonds is 3. The van der Waals surface area contributed by atoms with Gasteiger partial charge in [0.05, 0.1) is 11.3 Å². The van der Waals surface area contributed by atoms with Crippen LogP contribution in [0.15, 0.2) is 42.5 Å². The van der Waals surface area contributed by atoms with Gasteiger partial charge in [-0.3, -0.25) is 0 Å². The Kier molecular flexibility index (Phi) is 3.71. The van der Waals surface area contributed by atoms with Crippen molar-refractivity contribution in [2.45, 2.75) is 6.61 Å². The third-order valence-corrected chi connectivity index (χ3v) is 2.86. The minimum absolute atomic E-state index is 0.366. The first-order chi connectivity index (χ1) is 8.70. The van der Waals surface area contributed by atoms with E-state index in [-0.39, 0.29) is 0 Å². The topological polar surface area (TPSA) is 59.0 Å². The minimum atomic E-state index is 0.366. The van der Waals surface area contributed by atoms with Crippen LogP contribution in [0.25, 0.3) is 0 Å². The Bertz CT molecular complexity index is 605. The number of nitriles is 1. The molecule has 0 fully saturated rings. The van der Waals surface area contributed by atoms with Crippen LogP contribution in [0.4, 0.5) is 5.69 Å². The average molecular weight is 259 g/mol. The molecular weight excluding hydrogens is 248 g/mol. The third kappa shape index (κ3) is 2.73. The third-order valence-electron chi connectivity index (χ3n) is 2.50. The van der Waals surface area contributed by atoms with Gasteiger partial charge in [-0.1, -0.05) is 29.8 Å². The summed E-state index contributed by atoms with van der Waals surface area (Å²) in [6.07, 6.45) is 0. The summed E-state index contributed by atoms with van der Waals surface area (Å²) in [6, 6.07) is 14.5. The van der Waals surface area contributed by atoms with Gasteiger partial charge in [-0.2, -0.15) is 5.26 Å². The zero-order valence-electron chi connectivity index (χ0n) is 9.56. The van der Waals surface area contributed by atoms with Gasteiger partial charge in [-0.15, -0.1) is 0 Å². The molecule has 0 aliphatic carbocycles. The number of ether oxygens (including phenoxy) is 1. The summed E-state index contributed by atoms with van der Waals surface area (Å²) in [5, 5.41) is 9.43. The largest absolute Gasteiger partial charge is 0.489 e. The monoisotopic (exact) mass is 258 g/mol. The van der Waals surface area contributed by atoms with Gasteiger partial charge < -0.3 is 10.5 Å². The van der Waals surface area contributed by atoms with Crippen LogP contribution in [0.5, 0.6) is 5.75 Å². The van der Waals surface area contributed by atoms with Crippen LogP contribution in [-0.2, 0) is 6.61 Å². The molecule has 0 atom stereocenters. The van der Waals surface area contributed by atoms with Crippen molar-refractivity contribution in [3.8, 4) is 11.8 Å². The Balaban J connectivity index is 2.10. The van der Waals surface area contributed by atoms with Crippen molar-refractivity contribution in [2.75, 3.05) is 5.73 Å². The van der Waals surface area contributed by atoms with Crippen LogP contribution in [-0.4, -0.2) is 0 Å². The molecule has 0 aliphatic heterocycles. The van der Waals surface area contributed by atoms with Gasteiger partial charge in [0.2, 0.25) is 0 Å². The van der Waals surface area contributed by atoms with Crippen LogP contribution in [0.3, 0.4) is 0 Å². The maximum Gasteiger partial charge on any atom is 0.121 e. The first-order valence-corrected chi connectivity index (χ1v) is 5.74. The zero-order chi connectivity index (χ0) is 13.0. The molecule has 2 aromatic rings. The van der Waals surface area contributed by atoms with Crippen molar-refractivity contribution >= 4 is 17.3 Å². The highest BCUT2D eigenvalue weighted by Gasteiger charge is 2.03. The van der Waals surface area contributed by atoms with E-state index in [4.69, 9.17) is 27.3 Å². The smallest absolute Gasteiger partial charge is 0.121 e. The van der Waals surface area contributed by atoms with Gasteiger partial charge in [0.1, 0.15) is 18.4 Å². The lowest BCUT2D eigenvalue weighted by atomic mass is 10.2. The maximum atomic E-state index is 8.77. The first kappa shape index (κ1) is 12.3. The average Bonchev–Trinajstić information content (AvgIpc) is 2.38. The van der Waals surface area contributed by atoms with E-state index < -0.39 is 0 Å². The van der Waals surface area contributed by atoms with E-state index in [0.29, 0.717) is 28.6 Å². The van der Waals surface area contributed by atoms with Crippen LogP contribution in [0, 0.1) is 11.3 Å². The molecule has 2 N–H and O–H groups in total. The molecule has 0 saturated carbocycles. The predicted octanol–water partition coefficient (Wildman–Crippen LogP) is 3.37. The summed E-state index contributed by atoms with van der Waals surface area (Å²) in [5.41, 5.74) is 7.46. The molecule has 0 aromatic heterocycles. The lowest BCUT2D eigenvalue weighted by Crippen LogP contribution is -1.98. The zero-order valence-corrected chi connectivity index (χ0v) is 10.3. The standard InChI is InChI=1S/C14H11ClN2O/c15-13-4-2-1-3-11(13)9-18-12-6-5-10(8-16)14(17)7-12/h1-7H,9,17H2. The highest BCUT2D eigenvalue weighted by molar-refractivity contribution is 6.31. The Hall–Kier alpha value is -2.18. The summed E-state index contributed by atoms with van der Waals surface area (Å²) in [5.74, 6) is 0.617. The first-order valence-electron chi connectivity index (χ1n) is 5.36. The summed E-state index contributed by atoms with van der Waals surface area (Å²) in [6.45, 7) is 0.366. The van der Waals surface area contributed by atoms with E-state index in [1.54, 1.807) is 18.2 Å². The normalized spacial score (nSPS) is 9.78. The maximum absolute atomic E-state index is 8.77. The van der Waals surface area contributed by atoms with Crippen molar-refractivity contribution in [2.24, 2.45) is 0 Å². The molecule has 0 heterocycles. The fourth-order valence-corrected chi connectivity index (χ4v) is 1.70. The summed E-state index contributed by atoms with van der Waals surface area (Å²) in [7, 11) is 0. The van der Waals surface area contributed by atoms with Crippen LogP contribution in [0.1, 0.15) is 11.1 Å². The van der Waals surface area contributed by atoms with E-state index in [1.165, 1.54) is 0 Å². The van der Waals surface area contributed by atoms with E-state index in [2.05, 4.69) is 0 Å². The Labute approximate surface area is 110 Å². The SMILES string of the molecule is N#Cc1ccc(OCc2ccccc2Cl)cc1N. The van der Waals surface area contributed by atoms with Crippen molar-refractivity contribution in [1.29, 1.82) is 5.26 Å². The molecule has 0 spiro atoms. The Morgan fingerprint density at radius 2 is 2.00 bits per heavy atom. The quantitative estimate of drug-likeness (QED) is 0.859. The van der Waals surface area contributed by atoms with Crippen molar-refractivity contribution in [3.63, 3.8) is 0 Å². The molecule has 2 aromatic carbocycles. The molecule has 18 heavy (non-hydrogen) atoms. The molecule has 3 nitrogen and oxygen atoms in total. The second-order valence-corrected chi connectivity index (χ2v) is 4.15. The number of hydrogen-bond donors (Lipinski definition) is 1. The molecule has 4 heteroatoms. The Morgan fingerprint density at radius 1 is 1.22 bits per heavy atom. The highest BCUT2D eigenvalue weighted by atomic mass is 35.5. The molecule has 2 rings (SSSR count). The van der Waals surface area contributed by atoms with Crippen LogP contribution < -0.4 is 10.5 Å². The van der Waals surface area contributed by atoms with Gasteiger partial charge in [-0.05, 0) is 18.2 Å². The molecule has 0 saturated heterocycles. The fraction of sp³-hybridized carbons (Fsp3) is 0.0714. The van der Waals surface area contributed by atoms with Gasteiger partial charge in [-0.25, -0.2) is 0 Å². The van der Waals surface area contributed by atoms with Crippen molar-refractivity contribution in [3.05, 3.63) is 58.6 Å². The highest BCUT2D eigenvalue weighted by Crippen LogP contribution is 2.22. The molecule has 0 unspecified atom stereocenters. The lowest BCUT2D eigenvalue weighted by molar-refractivity contribution is 0.306. The van der Waals surface area contributed by atoms with Crippen LogP contribution >= 0.6 is 11.6 Å². The predicted molar refractivity (Wildman–Crippen MR) is 71.4 cm³/mol. The minimum Gasteiger partial charge on any atom is -0.489 e. The molecule has 0 bridgehead atoms. The number of benzene rings is 2. The van der Waals surface area contributed by atoms with Gasteiger partial charge in [0.15, 0.2) is 0 Å².